The molecule has 3 aromatic carbocycles. The maximum Gasteiger partial charge on any atom is 0.244 e. The van der Waals surface area contributed by atoms with Gasteiger partial charge in [0.25, 0.3) is 0 Å². The molecule has 1 fully saturated rings. The molecule has 1 atom stereocenters. The summed E-state index contributed by atoms with van der Waals surface area (Å²) in [6.45, 7) is -0.315. The molecule has 3 aromatic rings. The van der Waals surface area contributed by atoms with Gasteiger partial charge >= 0.3 is 0 Å². The maximum absolute atomic E-state index is 14.2. The van der Waals surface area contributed by atoms with E-state index in [9.17, 15) is 18.0 Å². The number of sulfonamides is 1. The number of hydrogen-bond acceptors (Lipinski definition) is 4. The van der Waals surface area contributed by atoms with E-state index in [1.54, 1.807) is 36.4 Å². The lowest BCUT2D eigenvalue weighted by molar-refractivity contribution is -0.140. The van der Waals surface area contributed by atoms with E-state index < -0.39 is 28.5 Å². The van der Waals surface area contributed by atoms with E-state index in [-0.39, 0.29) is 18.5 Å². The van der Waals surface area contributed by atoms with Crippen LogP contribution in [0, 0.1) is 3.57 Å². The van der Waals surface area contributed by atoms with E-state index in [4.69, 9.17) is 11.6 Å². The van der Waals surface area contributed by atoms with E-state index >= 15 is 0 Å². The monoisotopic (exact) mass is 707 g/mol. The molecule has 0 radical (unpaired) electrons. The second-order valence-corrected chi connectivity index (χ2v) is 14.0. The number of nitrogens with zero attached hydrogens (tertiary/aromatic N) is 2. The summed E-state index contributed by atoms with van der Waals surface area (Å²) in [4.78, 5) is 29.6. The van der Waals surface area contributed by atoms with Crippen molar-refractivity contribution < 1.29 is 18.0 Å². The zero-order chi connectivity index (χ0) is 29.4. The molecule has 0 saturated heterocycles. The van der Waals surface area contributed by atoms with Gasteiger partial charge in [-0.1, -0.05) is 73.3 Å². The van der Waals surface area contributed by atoms with Crippen LogP contribution in [0.15, 0.2) is 78.9 Å². The molecule has 1 aliphatic rings. The molecule has 0 heterocycles. The minimum Gasteiger partial charge on any atom is -0.352 e. The van der Waals surface area contributed by atoms with E-state index in [2.05, 4.69) is 27.9 Å². The summed E-state index contributed by atoms with van der Waals surface area (Å²) in [6.07, 6.45) is 6.45. The molecule has 10 heteroatoms. The average Bonchev–Trinajstić information content (AvgIpc) is 2.95. The van der Waals surface area contributed by atoms with Crippen LogP contribution < -0.4 is 9.62 Å². The quantitative estimate of drug-likeness (QED) is 0.256. The molecule has 1 aliphatic carbocycles. The van der Waals surface area contributed by atoms with E-state index in [1.807, 2.05) is 42.5 Å². The Bertz CT molecular complexity index is 1410. The zero-order valence-electron chi connectivity index (χ0n) is 23.0. The van der Waals surface area contributed by atoms with Crippen LogP contribution in [0.2, 0.25) is 5.02 Å². The largest absolute Gasteiger partial charge is 0.352 e. The number of nitrogens with one attached hydrogen (secondary N) is 1. The van der Waals surface area contributed by atoms with Crippen LogP contribution in [0.5, 0.6) is 0 Å². The van der Waals surface area contributed by atoms with Crippen LogP contribution in [-0.4, -0.2) is 50.0 Å². The molecule has 218 valence electrons. The number of rotatable bonds is 11. The Labute approximate surface area is 261 Å². The third-order valence-electron chi connectivity index (χ3n) is 7.28. The van der Waals surface area contributed by atoms with Crippen LogP contribution in [0.1, 0.15) is 43.2 Å². The van der Waals surface area contributed by atoms with Crippen molar-refractivity contribution in [2.75, 3.05) is 17.1 Å². The predicted molar refractivity (Wildman–Crippen MR) is 172 cm³/mol. The van der Waals surface area contributed by atoms with Gasteiger partial charge < -0.3 is 10.2 Å². The lowest BCUT2D eigenvalue weighted by atomic mass is 9.94. The highest BCUT2D eigenvalue weighted by molar-refractivity contribution is 14.1. The first-order valence-corrected chi connectivity index (χ1v) is 17.0. The lowest BCUT2D eigenvalue weighted by Crippen LogP contribution is -2.55. The highest BCUT2D eigenvalue weighted by Gasteiger charge is 2.34. The average molecular weight is 708 g/mol. The number of amides is 2. The van der Waals surface area contributed by atoms with Crippen molar-refractivity contribution in [1.29, 1.82) is 0 Å². The zero-order valence-corrected chi connectivity index (χ0v) is 26.7. The first-order valence-electron chi connectivity index (χ1n) is 13.7. The topological polar surface area (TPSA) is 86.8 Å². The Kier molecular flexibility index (Phi) is 11.1. The van der Waals surface area contributed by atoms with Crippen LogP contribution >= 0.6 is 34.2 Å². The fourth-order valence-electron chi connectivity index (χ4n) is 5.11. The minimum atomic E-state index is -3.80. The molecule has 0 aliphatic heterocycles. The van der Waals surface area contributed by atoms with E-state index in [1.165, 1.54) is 4.90 Å². The van der Waals surface area contributed by atoms with Crippen molar-refractivity contribution in [2.24, 2.45) is 0 Å². The standard InChI is InChI=1S/C31H35ClIN3O4S/c1-41(39,40)36(28-18-16-26(33)17-19-28)22-30(37)35(21-24-12-14-25(32)15-13-24)29(20-23-8-4-2-5-9-23)31(38)34-27-10-6-3-7-11-27/h2,4-5,8-9,12-19,27,29H,3,6-7,10-11,20-22H2,1H3,(H,34,38). The molecule has 2 amide bonds. The van der Waals surface area contributed by atoms with Gasteiger partial charge in [-0.05, 0) is 83.0 Å². The van der Waals surface area contributed by atoms with Crippen LogP contribution in [0.4, 0.5) is 5.69 Å². The molecule has 7 nitrogen and oxygen atoms in total. The minimum absolute atomic E-state index is 0.0568. The molecule has 0 spiro atoms. The molecule has 1 unspecified atom stereocenters. The molecule has 1 saturated carbocycles. The van der Waals surface area contributed by atoms with Gasteiger partial charge in [-0.3, -0.25) is 13.9 Å². The Morgan fingerprint density at radius 1 is 0.927 bits per heavy atom. The van der Waals surface area contributed by atoms with Gasteiger partial charge in [0.05, 0.1) is 11.9 Å². The number of benzene rings is 3. The fourth-order valence-corrected chi connectivity index (χ4v) is 6.44. The van der Waals surface area contributed by atoms with Crippen molar-refractivity contribution >= 4 is 61.7 Å². The summed E-state index contributed by atoms with van der Waals surface area (Å²) >= 11 is 8.26. The van der Waals surface area contributed by atoms with Crippen LogP contribution in [0.25, 0.3) is 0 Å². The van der Waals surface area contributed by atoms with Crippen LogP contribution in [-0.2, 0) is 32.6 Å². The highest BCUT2D eigenvalue weighted by Crippen LogP contribution is 2.23. The SMILES string of the molecule is CS(=O)(=O)N(CC(=O)N(Cc1ccc(Cl)cc1)C(Cc1ccccc1)C(=O)NC1CCCCC1)c1ccc(I)cc1. The van der Waals surface area contributed by atoms with Gasteiger partial charge in [-0.15, -0.1) is 0 Å². The van der Waals surface area contributed by atoms with Gasteiger partial charge in [-0.2, -0.15) is 0 Å². The molecule has 0 bridgehead atoms. The normalized spacial score (nSPS) is 14.7. The Morgan fingerprint density at radius 2 is 1.56 bits per heavy atom. The second-order valence-electron chi connectivity index (χ2n) is 10.4. The van der Waals surface area contributed by atoms with Crippen molar-refractivity contribution in [3.8, 4) is 0 Å². The van der Waals surface area contributed by atoms with Crippen LogP contribution in [0.3, 0.4) is 0 Å². The third-order valence-corrected chi connectivity index (χ3v) is 9.39. The van der Waals surface area contributed by atoms with E-state index in [0.717, 1.165) is 57.4 Å². The summed E-state index contributed by atoms with van der Waals surface area (Å²) in [5.41, 5.74) is 2.08. The van der Waals surface area contributed by atoms with Gasteiger partial charge in [0, 0.05) is 27.6 Å². The predicted octanol–water partition coefficient (Wildman–Crippen LogP) is 5.80. The summed E-state index contributed by atoms with van der Waals surface area (Å²) in [7, 11) is -3.80. The molecular weight excluding hydrogens is 673 g/mol. The summed E-state index contributed by atoms with van der Waals surface area (Å²) in [6, 6.07) is 22.8. The number of anilines is 1. The van der Waals surface area contributed by atoms with Gasteiger partial charge in [0.1, 0.15) is 12.6 Å². The Morgan fingerprint density at radius 3 is 2.17 bits per heavy atom. The van der Waals surface area contributed by atoms with Crippen molar-refractivity contribution in [1.82, 2.24) is 10.2 Å². The first kappa shape index (κ1) is 31.3. The fraction of sp³-hybridized carbons (Fsp3) is 0.355. The van der Waals surface area contributed by atoms with Gasteiger partial charge in [0.2, 0.25) is 21.8 Å². The number of halogens is 2. The van der Waals surface area contributed by atoms with Crippen molar-refractivity contribution in [3.63, 3.8) is 0 Å². The second kappa shape index (κ2) is 14.5. The van der Waals surface area contributed by atoms with Crippen molar-refractivity contribution in [3.05, 3.63) is 98.6 Å². The number of carbonyl (C=O) groups is 2. The summed E-state index contributed by atoms with van der Waals surface area (Å²) in [5, 5.41) is 3.76. The van der Waals surface area contributed by atoms with E-state index in [0.29, 0.717) is 17.1 Å². The first-order chi connectivity index (χ1) is 19.6. The lowest BCUT2D eigenvalue weighted by Gasteiger charge is -2.35. The number of hydrogen-bond donors (Lipinski definition) is 1. The smallest absolute Gasteiger partial charge is 0.244 e. The molecule has 0 aromatic heterocycles. The third kappa shape index (κ3) is 9.18. The summed E-state index contributed by atoms with van der Waals surface area (Å²) in [5.74, 6) is -0.702. The Balaban J connectivity index is 1.71. The number of carbonyl (C=O) groups excluding carboxylic acids is 2. The molecule has 41 heavy (non-hydrogen) atoms. The summed E-state index contributed by atoms with van der Waals surface area (Å²) < 4.78 is 27.8. The highest BCUT2D eigenvalue weighted by atomic mass is 127. The molecular formula is C31H35ClIN3O4S. The molecule has 4 rings (SSSR count). The van der Waals surface area contributed by atoms with Gasteiger partial charge in [-0.25, -0.2) is 8.42 Å². The Hall–Kier alpha value is -2.63. The molecule has 1 N–H and O–H groups in total. The van der Waals surface area contributed by atoms with Gasteiger partial charge in [0.15, 0.2) is 0 Å². The maximum atomic E-state index is 14.2. The van der Waals surface area contributed by atoms with Crippen molar-refractivity contribution in [2.45, 2.75) is 57.2 Å².